The highest BCUT2D eigenvalue weighted by atomic mass is 16.4. The summed E-state index contributed by atoms with van der Waals surface area (Å²) in [7, 11) is 0. The minimum absolute atomic E-state index is 0.312. The van der Waals surface area contributed by atoms with Gasteiger partial charge in [-0.1, -0.05) is 18.1 Å². The van der Waals surface area contributed by atoms with Gasteiger partial charge >= 0.3 is 5.97 Å². The quantitative estimate of drug-likeness (QED) is 0.858. The number of hydrogen-bond acceptors (Lipinski definition) is 2. The van der Waals surface area contributed by atoms with Gasteiger partial charge in [0.25, 0.3) is 0 Å². The molecule has 2 aromatic rings. The second-order valence-corrected chi connectivity index (χ2v) is 5.44. The van der Waals surface area contributed by atoms with E-state index in [-0.39, 0.29) is 0 Å². The Bertz CT molecular complexity index is 795. The molecule has 0 spiro atoms. The van der Waals surface area contributed by atoms with E-state index in [1.165, 1.54) is 16.8 Å². The van der Waals surface area contributed by atoms with Crippen molar-refractivity contribution in [1.82, 2.24) is 0 Å². The molecular weight excluding hydrogens is 274 g/mol. The molecule has 2 aromatic carbocycles. The summed E-state index contributed by atoms with van der Waals surface area (Å²) in [6, 6.07) is 14.6. The van der Waals surface area contributed by atoms with Crippen molar-refractivity contribution in [3.8, 4) is 23.1 Å². The van der Waals surface area contributed by atoms with E-state index < -0.39 is 5.97 Å². The molecule has 1 aliphatic heterocycles. The van der Waals surface area contributed by atoms with E-state index in [0.717, 1.165) is 24.1 Å². The summed E-state index contributed by atoms with van der Waals surface area (Å²) in [5, 5.41) is 8.99. The first kappa shape index (κ1) is 14.2. The zero-order valence-corrected chi connectivity index (χ0v) is 12.7. The fourth-order valence-electron chi connectivity index (χ4n) is 2.90. The average molecular weight is 291 g/mol. The number of benzene rings is 2. The van der Waals surface area contributed by atoms with Crippen molar-refractivity contribution in [1.29, 1.82) is 0 Å². The van der Waals surface area contributed by atoms with Gasteiger partial charge in [-0.25, -0.2) is 4.79 Å². The number of rotatable bonds is 2. The molecule has 1 aliphatic rings. The SMILES string of the molecule is CC#CN1CCc2cc(-c3ccc(C(=O)O)cc3)c(C)cc21. The third kappa shape index (κ3) is 2.44. The van der Waals surface area contributed by atoms with Gasteiger partial charge in [-0.2, -0.15) is 0 Å². The molecule has 0 saturated carbocycles. The zero-order chi connectivity index (χ0) is 15.7. The number of aromatic carboxylic acids is 1. The van der Waals surface area contributed by atoms with Crippen LogP contribution in [0.5, 0.6) is 0 Å². The van der Waals surface area contributed by atoms with E-state index in [2.05, 4.69) is 35.9 Å². The van der Waals surface area contributed by atoms with Crippen LogP contribution in [-0.4, -0.2) is 17.6 Å². The summed E-state index contributed by atoms with van der Waals surface area (Å²) < 4.78 is 0. The van der Waals surface area contributed by atoms with Crippen molar-refractivity contribution >= 4 is 11.7 Å². The van der Waals surface area contributed by atoms with E-state index in [1.807, 2.05) is 19.1 Å². The molecule has 1 heterocycles. The Kier molecular flexibility index (Phi) is 3.60. The van der Waals surface area contributed by atoms with Crippen molar-refractivity contribution in [2.24, 2.45) is 0 Å². The zero-order valence-electron chi connectivity index (χ0n) is 12.7. The van der Waals surface area contributed by atoms with Crippen molar-refractivity contribution in [2.75, 3.05) is 11.4 Å². The number of hydrogen-bond donors (Lipinski definition) is 1. The number of aryl methyl sites for hydroxylation is 1. The second-order valence-electron chi connectivity index (χ2n) is 5.44. The first-order valence-electron chi connectivity index (χ1n) is 7.27. The molecule has 3 nitrogen and oxygen atoms in total. The van der Waals surface area contributed by atoms with Crippen molar-refractivity contribution in [3.63, 3.8) is 0 Å². The van der Waals surface area contributed by atoms with Crippen LogP contribution in [0, 0.1) is 18.9 Å². The van der Waals surface area contributed by atoms with Crippen LogP contribution in [0.1, 0.15) is 28.4 Å². The summed E-state index contributed by atoms with van der Waals surface area (Å²) in [5.41, 5.74) is 6.18. The van der Waals surface area contributed by atoms with Gasteiger partial charge in [-0.3, -0.25) is 0 Å². The molecule has 0 unspecified atom stereocenters. The first-order valence-corrected chi connectivity index (χ1v) is 7.27. The van der Waals surface area contributed by atoms with Gasteiger partial charge < -0.3 is 10.0 Å². The predicted octanol–water partition coefficient (Wildman–Crippen LogP) is 3.70. The average Bonchev–Trinajstić information content (AvgIpc) is 2.89. The smallest absolute Gasteiger partial charge is 0.335 e. The molecule has 3 rings (SSSR count). The van der Waals surface area contributed by atoms with E-state index in [0.29, 0.717) is 5.56 Å². The van der Waals surface area contributed by atoms with E-state index in [1.54, 1.807) is 12.1 Å². The second kappa shape index (κ2) is 5.57. The van der Waals surface area contributed by atoms with Gasteiger partial charge in [-0.05, 0) is 66.8 Å². The Hall–Kier alpha value is -2.73. The molecule has 22 heavy (non-hydrogen) atoms. The van der Waals surface area contributed by atoms with Crippen LogP contribution < -0.4 is 4.90 Å². The summed E-state index contributed by atoms with van der Waals surface area (Å²) >= 11 is 0. The highest BCUT2D eigenvalue weighted by Crippen LogP contribution is 2.34. The molecule has 1 N–H and O–H groups in total. The summed E-state index contributed by atoms with van der Waals surface area (Å²) in [4.78, 5) is 13.0. The van der Waals surface area contributed by atoms with Crippen LogP contribution >= 0.6 is 0 Å². The maximum absolute atomic E-state index is 10.9. The van der Waals surface area contributed by atoms with E-state index in [4.69, 9.17) is 5.11 Å². The standard InChI is InChI=1S/C19H17NO2/c1-3-9-20-10-8-16-12-17(13(2)11-18(16)20)14-4-6-15(7-5-14)19(21)22/h4-7,11-12H,8,10H2,1-2H3,(H,21,22). The largest absolute Gasteiger partial charge is 0.478 e. The Morgan fingerprint density at radius 2 is 1.95 bits per heavy atom. The Labute approximate surface area is 130 Å². The molecule has 0 aliphatic carbocycles. The van der Waals surface area contributed by atoms with E-state index in [9.17, 15) is 4.79 Å². The van der Waals surface area contributed by atoms with Crippen LogP contribution in [0.2, 0.25) is 0 Å². The van der Waals surface area contributed by atoms with Gasteiger partial charge in [0.2, 0.25) is 0 Å². The number of carboxylic acids is 1. The topological polar surface area (TPSA) is 40.5 Å². The Morgan fingerprint density at radius 3 is 2.59 bits per heavy atom. The lowest BCUT2D eigenvalue weighted by molar-refractivity contribution is 0.0697. The number of carboxylic acid groups (broad SMARTS) is 1. The van der Waals surface area contributed by atoms with Gasteiger partial charge in [0.1, 0.15) is 0 Å². The number of fused-ring (bicyclic) bond motifs is 1. The maximum atomic E-state index is 10.9. The number of anilines is 1. The minimum atomic E-state index is -0.897. The van der Waals surface area contributed by atoms with Crippen LogP contribution in [-0.2, 0) is 6.42 Å². The number of nitrogens with zero attached hydrogens (tertiary/aromatic N) is 1. The first-order chi connectivity index (χ1) is 10.6. The maximum Gasteiger partial charge on any atom is 0.335 e. The lowest BCUT2D eigenvalue weighted by atomic mass is 9.96. The predicted molar refractivity (Wildman–Crippen MR) is 88.1 cm³/mol. The molecular formula is C19H17NO2. The third-order valence-corrected chi connectivity index (χ3v) is 4.01. The monoisotopic (exact) mass is 291 g/mol. The Balaban J connectivity index is 2.02. The summed E-state index contributed by atoms with van der Waals surface area (Å²) in [6.07, 6.45) is 0.991. The summed E-state index contributed by atoms with van der Waals surface area (Å²) in [5.74, 6) is 2.06. The Morgan fingerprint density at radius 1 is 1.23 bits per heavy atom. The van der Waals surface area contributed by atoms with E-state index >= 15 is 0 Å². The number of carbonyl (C=O) groups is 1. The lowest BCUT2D eigenvalue weighted by Crippen LogP contribution is -2.12. The fourth-order valence-corrected chi connectivity index (χ4v) is 2.90. The van der Waals surface area contributed by atoms with Gasteiger partial charge in [0.15, 0.2) is 0 Å². The fraction of sp³-hybridized carbons (Fsp3) is 0.211. The minimum Gasteiger partial charge on any atom is -0.478 e. The highest BCUT2D eigenvalue weighted by Gasteiger charge is 2.19. The lowest BCUT2D eigenvalue weighted by Gasteiger charge is -2.14. The molecule has 0 amide bonds. The highest BCUT2D eigenvalue weighted by molar-refractivity contribution is 5.88. The molecule has 0 bridgehead atoms. The molecule has 0 aromatic heterocycles. The van der Waals surface area contributed by atoms with Crippen LogP contribution in [0.25, 0.3) is 11.1 Å². The van der Waals surface area contributed by atoms with Gasteiger partial charge in [-0.15, -0.1) is 0 Å². The van der Waals surface area contributed by atoms with Crippen molar-refractivity contribution < 1.29 is 9.90 Å². The molecule has 110 valence electrons. The van der Waals surface area contributed by atoms with Gasteiger partial charge in [0.05, 0.1) is 11.3 Å². The third-order valence-electron chi connectivity index (χ3n) is 4.01. The van der Waals surface area contributed by atoms with Gasteiger partial charge in [0, 0.05) is 12.6 Å². The summed E-state index contributed by atoms with van der Waals surface area (Å²) in [6.45, 7) is 4.86. The van der Waals surface area contributed by atoms with Crippen LogP contribution in [0.3, 0.4) is 0 Å². The van der Waals surface area contributed by atoms with Crippen LogP contribution in [0.4, 0.5) is 5.69 Å². The molecule has 0 radical (unpaired) electrons. The molecule has 0 saturated heterocycles. The van der Waals surface area contributed by atoms with Crippen molar-refractivity contribution in [2.45, 2.75) is 20.3 Å². The van der Waals surface area contributed by atoms with Crippen molar-refractivity contribution in [3.05, 3.63) is 53.1 Å². The van der Waals surface area contributed by atoms with Crippen LogP contribution in [0.15, 0.2) is 36.4 Å². The normalized spacial score (nSPS) is 12.5. The molecule has 0 fully saturated rings. The molecule has 3 heteroatoms. The molecule has 0 atom stereocenters.